The number of aryl methyl sites for hydroxylation is 3. The number of pyridine rings is 2. The summed E-state index contributed by atoms with van der Waals surface area (Å²) in [5, 5.41) is 38.1. The van der Waals surface area contributed by atoms with Crippen molar-refractivity contribution >= 4 is 15.9 Å². The minimum Gasteiger partial charge on any atom is -0.508 e. The first-order valence-corrected chi connectivity index (χ1v) is 15.9. The molecule has 0 saturated carbocycles. The number of nitrogens with zero attached hydrogens (tertiary/aromatic N) is 4. The molecule has 2 heterocycles. The molecule has 4 aromatic carbocycles. The van der Waals surface area contributed by atoms with E-state index in [-0.39, 0.29) is 17.1 Å². The summed E-state index contributed by atoms with van der Waals surface area (Å²) in [6.45, 7) is 5.05. The third-order valence-electron chi connectivity index (χ3n) is 7.78. The zero-order valence-corrected chi connectivity index (χ0v) is 28.6. The maximum Gasteiger partial charge on any atom is 0.416 e. The zero-order chi connectivity index (χ0) is 36.2. The molecule has 0 radical (unpaired) electrons. The monoisotopic (exact) mass is 732 g/mol. The Balaban J connectivity index is 0.000000197. The lowest BCUT2D eigenvalue weighted by atomic mass is 9.94. The van der Waals surface area contributed by atoms with Gasteiger partial charge in [0.05, 0.1) is 39.5 Å². The lowest BCUT2D eigenvalue weighted by Gasteiger charge is -2.14. The quantitative estimate of drug-likeness (QED) is 0.186. The highest BCUT2D eigenvalue weighted by Crippen LogP contribution is 2.37. The predicted molar refractivity (Wildman–Crippen MR) is 190 cm³/mol. The van der Waals surface area contributed by atoms with Crippen molar-refractivity contribution in [2.24, 2.45) is 0 Å². The molecule has 0 spiro atoms. The van der Waals surface area contributed by atoms with Crippen molar-refractivity contribution in [2.75, 3.05) is 0 Å². The number of rotatable bonds is 4. The van der Waals surface area contributed by atoms with E-state index in [0.717, 1.165) is 39.0 Å². The van der Waals surface area contributed by atoms with Crippen LogP contribution >= 0.6 is 15.9 Å². The Morgan fingerprint density at radius 1 is 0.600 bits per heavy atom. The van der Waals surface area contributed by atoms with E-state index >= 15 is 0 Å². The third kappa shape index (κ3) is 8.00. The normalized spacial score (nSPS) is 10.8. The van der Waals surface area contributed by atoms with Crippen LogP contribution in [-0.4, -0.2) is 20.2 Å². The first kappa shape index (κ1) is 35.3. The van der Waals surface area contributed by atoms with Crippen molar-refractivity contribution in [2.45, 2.75) is 26.9 Å². The summed E-state index contributed by atoms with van der Waals surface area (Å²) in [7, 11) is 0. The van der Waals surface area contributed by atoms with Gasteiger partial charge >= 0.3 is 6.18 Å². The fourth-order valence-electron chi connectivity index (χ4n) is 5.43. The molecule has 6 aromatic rings. The number of alkyl halides is 3. The van der Waals surface area contributed by atoms with Crippen molar-refractivity contribution in [3.63, 3.8) is 0 Å². The Morgan fingerprint density at radius 3 is 1.72 bits per heavy atom. The molecule has 50 heavy (non-hydrogen) atoms. The van der Waals surface area contributed by atoms with E-state index in [9.17, 15) is 33.9 Å². The van der Waals surface area contributed by atoms with Gasteiger partial charge in [0.2, 0.25) is 0 Å². The standard InChI is InChI=1S/C21H15F3N2O.C19H13BrN2O/c1-12-7-15(9-16(8-12)21(22,23)24)18-10-20(26-13(2)19(18)11-25)14-3-5-17(27)6-4-14;1-12-18(11-21)17(13-4-2-6-15(20)8-13)10-19(22-12)14-5-3-7-16(23)9-14/h3-10,27H,1-2H3;2-10,23H,1H3. The molecule has 0 fully saturated rings. The number of halogens is 4. The average molecular weight is 734 g/mol. The fraction of sp³-hybridized carbons (Fsp3) is 0.100. The van der Waals surface area contributed by atoms with Crippen molar-refractivity contribution < 1.29 is 23.4 Å². The second kappa shape index (κ2) is 14.7. The molecule has 0 aliphatic heterocycles. The highest BCUT2D eigenvalue weighted by atomic mass is 79.9. The van der Waals surface area contributed by atoms with Crippen molar-refractivity contribution in [3.05, 3.63) is 141 Å². The number of benzene rings is 4. The Hall–Kier alpha value is -5.97. The molecule has 6 nitrogen and oxygen atoms in total. The third-order valence-corrected chi connectivity index (χ3v) is 8.27. The zero-order valence-electron chi connectivity index (χ0n) is 27.0. The Labute approximate surface area is 295 Å². The van der Waals surface area contributed by atoms with Gasteiger partial charge in [-0.25, -0.2) is 0 Å². The van der Waals surface area contributed by atoms with Gasteiger partial charge in [-0.15, -0.1) is 0 Å². The smallest absolute Gasteiger partial charge is 0.416 e. The topological polar surface area (TPSA) is 114 Å². The summed E-state index contributed by atoms with van der Waals surface area (Å²) >= 11 is 3.47. The van der Waals surface area contributed by atoms with Crippen LogP contribution in [0.25, 0.3) is 44.8 Å². The fourth-order valence-corrected chi connectivity index (χ4v) is 5.83. The number of nitriles is 2. The average Bonchev–Trinajstić information content (AvgIpc) is 3.07. The molecule has 0 aliphatic rings. The van der Waals surface area contributed by atoms with Crippen LogP contribution in [0.15, 0.2) is 108 Å². The van der Waals surface area contributed by atoms with E-state index in [0.29, 0.717) is 44.9 Å². The van der Waals surface area contributed by atoms with E-state index in [1.165, 1.54) is 12.1 Å². The number of hydrogen-bond donors (Lipinski definition) is 2. The van der Waals surface area contributed by atoms with Gasteiger partial charge in [0.15, 0.2) is 0 Å². The largest absolute Gasteiger partial charge is 0.508 e. The molecule has 0 amide bonds. The number of aromatic nitrogens is 2. The van der Waals surface area contributed by atoms with Crippen LogP contribution in [0.1, 0.15) is 33.6 Å². The van der Waals surface area contributed by atoms with Crippen molar-refractivity contribution in [3.8, 4) is 68.4 Å². The summed E-state index contributed by atoms with van der Waals surface area (Å²) in [6.07, 6.45) is -4.48. The molecule has 10 heteroatoms. The number of phenolic OH excluding ortho intramolecular Hbond substituents is 2. The van der Waals surface area contributed by atoms with Gasteiger partial charge in [-0.2, -0.15) is 23.7 Å². The Bertz CT molecular complexity index is 2310. The first-order chi connectivity index (χ1) is 23.8. The van der Waals surface area contributed by atoms with Crippen LogP contribution in [0.4, 0.5) is 13.2 Å². The maximum atomic E-state index is 13.2. The second-order valence-electron chi connectivity index (χ2n) is 11.4. The number of hydrogen-bond acceptors (Lipinski definition) is 6. The van der Waals surface area contributed by atoms with E-state index in [2.05, 4.69) is 32.0 Å². The van der Waals surface area contributed by atoms with Gasteiger partial charge in [-0.1, -0.05) is 46.3 Å². The molecule has 0 aliphatic carbocycles. The predicted octanol–water partition coefficient (Wildman–Crippen LogP) is 10.7. The highest BCUT2D eigenvalue weighted by Gasteiger charge is 2.31. The molecule has 0 unspecified atom stereocenters. The van der Waals surface area contributed by atoms with Gasteiger partial charge in [0, 0.05) is 26.7 Å². The SMILES string of the molecule is Cc1cc(-c2cc(-c3ccc(O)cc3)nc(C)c2C#N)cc(C(F)(F)F)c1.Cc1nc(-c2cccc(O)c2)cc(-c2cccc(Br)c2)c1C#N. The van der Waals surface area contributed by atoms with Crippen LogP contribution in [0, 0.1) is 43.4 Å². The van der Waals surface area contributed by atoms with E-state index in [1.54, 1.807) is 56.3 Å². The molecule has 0 saturated heterocycles. The van der Waals surface area contributed by atoms with Gasteiger partial charge in [0.1, 0.15) is 23.6 Å². The van der Waals surface area contributed by atoms with Crippen molar-refractivity contribution in [1.82, 2.24) is 9.97 Å². The summed E-state index contributed by atoms with van der Waals surface area (Å²) in [5.41, 5.74) is 6.79. The van der Waals surface area contributed by atoms with E-state index in [4.69, 9.17) is 0 Å². The molecule has 2 aromatic heterocycles. The lowest BCUT2D eigenvalue weighted by Crippen LogP contribution is -2.06. The molecule has 6 rings (SSSR count). The van der Waals surface area contributed by atoms with Crippen LogP contribution in [0.2, 0.25) is 0 Å². The summed E-state index contributed by atoms with van der Waals surface area (Å²) < 4.78 is 40.6. The number of aromatic hydroxyl groups is 2. The van der Waals surface area contributed by atoms with Crippen molar-refractivity contribution in [1.29, 1.82) is 10.5 Å². The molecular weight excluding hydrogens is 705 g/mol. The lowest BCUT2D eigenvalue weighted by molar-refractivity contribution is -0.137. The second-order valence-corrected chi connectivity index (χ2v) is 12.4. The summed E-state index contributed by atoms with van der Waals surface area (Å²) in [4.78, 5) is 8.92. The minimum absolute atomic E-state index is 0.0952. The first-order valence-electron chi connectivity index (χ1n) is 15.1. The molecule has 248 valence electrons. The molecule has 2 N–H and O–H groups in total. The van der Waals surface area contributed by atoms with Gasteiger partial charge in [-0.05, 0) is 110 Å². The van der Waals surface area contributed by atoms with Crippen LogP contribution in [0.5, 0.6) is 11.5 Å². The van der Waals surface area contributed by atoms with Crippen LogP contribution < -0.4 is 0 Å². The summed E-state index contributed by atoms with van der Waals surface area (Å²) in [5.74, 6) is 0.285. The van der Waals surface area contributed by atoms with Crippen LogP contribution in [-0.2, 0) is 6.18 Å². The van der Waals surface area contributed by atoms with E-state index in [1.807, 2.05) is 49.4 Å². The Morgan fingerprint density at radius 2 is 1.16 bits per heavy atom. The molecule has 0 atom stereocenters. The maximum absolute atomic E-state index is 13.2. The van der Waals surface area contributed by atoms with Gasteiger partial charge < -0.3 is 10.2 Å². The van der Waals surface area contributed by atoms with E-state index < -0.39 is 11.7 Å². The van der Waals surface area contributed by atoms with Crippen LogP contribution in [0.3, 0.4) is 0 Å². The molecule has 0 bridgehead atoms. The molecular formula is C40H28BrF3N4O2. The number of phenols is 2. The van der Waals surface area contributed by atoms with Gasteiger partial charge in [-0.3, -0.25) is 9.97 Å². The highest BCUT2D eigenvalue weighted by molar-refractivity contribution is 9.10. The van der Waals surface area contributed by atoms with Gasteiger partial charge in [0.25, 0.3) is 0 Å². The Kier molecular flexibility index (Phi) is 10.4. The summed E-state index contributed by atoms with van der Waals surface area (Å²) in [6, 6.07) is 32.6. The minimum atomic E-state index is -4.48.